The third kappa shape index (κ3) is 6.78. The number of amides is 2. The van der Waals surface area contributed by atoms with Gasteiger partial charge in [-0.25, -0.2) is 13.2 Å². The van der Waals surface area contributed by atoms with Crippen molar-refractivity contribution in [1.82, 2.24) is 19.8 Å². The predicted octanol–water partition coefficient (Wildman–Crippen LogP) is 6.06. The molecule has 9 nitrogen and oxygen atoms in total. The van der Waals surface area contributed by atoms with Crippen LogP contribution in [0.25, 0.3) is 11.1 Å². The normalized spacial score (nSPS) is 18.0. The number of rotatable bonds is 11. The van der Waals surface area contributed by atoms with Crippen LogP contribution in [0.15, 0.2) is 41.3 Å². The maximum Gasteiger partial charge on any atom is 0.282 e. The molecule has 3 fully saturated rings. The zero-order valence-corrected chi connectivity index (χ0v) is 26.3. The summed E-state index contributed by atoms with van der Waals surface area (Å²) in [6.07, 6.45) is 7.10. The van der Waals surface area contributed by atoms with Gasteiger partial charge in [-0.3, -0.25) is 14.4 Å². The highest BCUT2D eigenvalue weighted by atomic mass is 35.5. The molecule has 3 aromatic rings. The molecule has 46 heavy (non-hydrogen) atoms. The van der Waals surface area contributed by atoms with Crippen LogP contribution in [-0.4, -0.2) is 57.9 Å². The molecule has 2 aliphatic carbocycles. The molecule has 13 heteroatoms. The zero-order valence-electron chi connectivity index (χ0n) is 25.5. The molecule has 0 unspecified atom stereocenters. The molecule has 0 radical (unpaired) electrons. The minimum absolute atomic E-state index is 0.0110. The van der Waals surface area contributed by atoms with Crippen molar-refractivity contribution in [2.45, 2.75) is 70.5 Å². The van der Waals surface area contributed by atoms with Crippen molar-refractivity contribution in [2.75, 3.05) is 25.0 Å². The number of alkyl halides is 2. The minimum Gasteiger partial charge on any atom is -0.478 e. The van der Waals surface area contributed by atoms with E-state index in [1.54, 1.807) is 23.8 Å². The van der Waals surface area contributed by atoms with Crippen LogP contribution in [0.4, 0.5) is 19.0 Å². The largest absolute Gasteiger partial charge is 0.478 e. The lowest BCUT2D eigenvalue weighted by Gasteiger charge is -2.39. The fraction of sp³-hybridized carbons (Fsp3) is 0.455. The van der Waals surface area contributed by atoms with Crippen LogP contribution in [0.5, 0.6) is 5.88 Å². The van der Waals surface area contributed by atoms with Crippen molar-refractivity contribution in [3.63, 3.8) is 0 Å². The van der Waals surface area contributed by atoms with E-state index in [1.807, 2.05) is 0 Å². The van der Waals surface area contributed by atoms with E-state index in [-0.39, 0.29) is 51.6 Å². The second kappa shape index (κ2) is 12.7. The summed E-state index contributed by atoms with van der Waals surface area (Å²) in [5.74, 6) is -4.87. The molecule has 1 aromatic carbocycles. The number of nitrogens with one attached hydrogen (secondary N) is 2. The van der Waals surface area contributed by atoms with Crippen LogP contribution in [-0.2, 0) is 6.54 Å². The fourth-order valence-corrected chi connectivity index (χ4v) is 6.12. The number of halogens is 4. The van der Waals surface area contributed by atoms with Gasteiger partial charge in [0.1, 0.15) is 17.2 Å². The van der Waals surface area contributed by atoms with Crippen LogP contribution in [0.1, 0.15) is 78.3 Å². The van der Waals surface area contributed by atoms with Crippen molar-refractivity contribution in [2.24, 2.45) is 5.92 Å². The molecule has 1 saturated heterocycles. The Balaban J connectivity index is 1.32. The van der Waals surface area contributed by atoms with Crippen molar-refractivity contribution >= 4 is 29.2 Å². The van der Waals surface area contributed by atoms with Gasteiger partial charge in [-0.05, 0) is 80.8 Å². The van der Waals surface area contributed by atoms with Crippen LogP contribution < -0.4 is 20.9 Å². The second-order valence-corrected chi connectivity index (χ2v) is 12.8. The number of likely N-dealkylation sites (tertiary alicyclic amines) is 1. The molecule has 244 valence electrons. The lowest BCUT2D eigenvalue weighted by Crippen LogP contribution is -2.58. The molecule has 0 spiro atoms. The smallest absolute Gasteiger partial charge is 0.282 e. The standard InChI is InChI=1S/C33H35ClF3N5O4/c1-3-46-28-11-21(29-24(12-22(34)13-26(29)35)31(44)41-16-33(36,37)17-41)10-27(39-28)40-30(43)25-9-19(14-38-18(2)20-5-4-6-20)15-42(32(25)45)23-7-8-23/h9-13,15,18,20,23,38H,3-8,14,16-17H2,1-2H3,(H,39,40,43)/t18-/m0/s1. The summed E-state index contributed by atoms with van der Waals surface area (Å²) in [4.78, 5) is 45.5. The van der Waals surface area contributed by atoms with Crippen molar-refractivity contribution < 1.29 is 27.5 Å². The first kappa shape index (κ1) is 32.1. The number of benzene rings is 1. The summed E-state index contributed by atoms with van der Waals surface area (Å²) in [6.45, 7) is 2.93. The van der Waals surface area contributed by atoms with Gasteiger partial charge in [0.25, 0.3) is 23.3 Å². The highest BCUT2D eigenvalue weighted by Crippen LogP contribution is 2.37. The molecule has 3 aliphatic rings. The molecular weight excluding hydrogens is 623 g/mol. The Hall–Kier alpha value is -3.90. The zero-order chi connectivity index (χ0) is 32.7. The Morgan fingerprint density at radius 1 is 1.11 bits per heavy atom. The average molecular weight is 658 g/mol. The van der Waals surface area contributed by atoms with Gasteiger partial charge in [0.05, 0.1) is 25.3 Å². The first-order valence-electron chi connectivity index (χ1n) is 15.5. The van der Waals surface area contributed by atoms with Gasteiger partial charge >= 0.3 is 0 Å². The average Bonchev–Trinajstić information content (AvgIpc) is 3.79. The van der Waals surface area contributed by atoms with E-state index in [9.17, 15) is 23.2 Å². The molecule has 6 rings (SSSR count). The number of aromatic nitrogens is 2. The molecule has 2 aromatic heterocycles. The van der Waals surface area contributed by atoms with E-state index in [1.165, 1.54) is 37.5 Å². The van der Waals surface area contributed by atoms with Gasteiger partial charge in [0.15, 0.2) is 0 Å². The number of carbonyl (C=O) groups is 2. The Kier molecular flexibility index (Phi) is 8.86. The van der Waals surface area contributed by atoms with Gasteiger partial charge in [-0.1, -0.05) is 18.0 Å². The molecule has 1 aliphatic heterocycles. The molecular formula is C33H35ClF3N5O4. The monoisotopic (exact) mass is 657 g/mol. The second-order valence-electron chi connectivity index (χ2n) is 12.4. The first-order valence-corrected chi connectivity index (χ1v) is 15.9. The molecule has 0 bridgehead atoms. The summed E-state index contributed by atoms with van der Waals surface area (Å²) in [7, 11) is 0. The van der Waals surface area contributed by atoms with Crippen LogP contribution in [0, 0.1) is 11.7 Å². The fourth-order valence-electron chi connectivity index (χ4n) is 5.91. The quantitative estimate of drug-likeness (QED) is 0.260. The van der Waals surface area contributed by atoms with Gasteiger partial charge < -0.3 is 24.8 Å². The molecule has 3 heterocycles. The number of pyridine rings is 2. The summed E-state index contributed by atoms with van der Waals surface area (Å²) < 4.78 is 49.8. The molecule has 1 atom stereocenters. The first-order chi connectivity index (χ1) is 21.9. The highest BCUT2D eigenvalue weighted by Gasteiger charge is 2.47. The number of ether oxygens (including phenoxy) is 1. The Morgan fingerprint density at radius 2 is 1.85 bits per heavy atom. The van der Waals surface area contributed by atoms with Gasteiger partial charge in [0, 0.05) is 41.5 Å². The van der Waals surface area contributed by atoms with E-state index in [0.717, 1.165) is 29.4 Å². The molecule has 2 saturated carbocycles. The SMILES string of the molecule is CCOc1cc(-c2c(F)cc(Cl)cc2C(=O)N2CC(F)(F)C2)cc(NC(=O)c2cc(CN[C@@H](C)C3CCC3)cn(C3CC3)c2=O)n1. The summed E-state index contributed by atoms with van der Waals surface area (Å²) in [5.41, 5.74) is -0.0532. The van der Waals surface area contributed by atoms with E-state index < -0.39 is 42.2 Å². The van der Waals surface area contributed by atoms with Crippen LogP contribution >= 0.6 is 11.6 Å². The lowest BCUT2D eigenvalue weighted by molar-refractivity contribution is -0.113. The van der Waals surface area contributed by atoms with Crippen molar-refractivity contribution in [1.29, 1.82) is 0 Å². The van der Waals surface area contributed by atoms with E-state index >= 15 is 4.39 Å². The third-order valence-corrected chi connectivity index (χ3v) is 9.03. The van der Waals surface area contributed by atoms with Crippen molar-refractivity contribution in [3.05, 3.63) is 74.4 Å². The van der Waals surface area contributed by atoms with Gasteiger partial charge in [0.2, 0.25) is 5.88 Å². The number of hydrogen-bond donors (Lipinski definition) is 2. The Morgan fingerprint density at radius 3 is 2.48 bits per heavy atom. The summed E-state index contributed by atoms with van der Waals surface area (Å²) in [6, 6.07) is 6.83. The minimum atomic E-state index is -3.02. The van der Waals surface area contributed by atoms with E-state index in [0.29, 0.717) is 18.5 Å². The highest BCUT2D eigenvalue weighted by molar-refractivity contribution is 6.31. The third-order valence-electron chi connectivity index (χ3n) is 8.81. The van der Waals surface area contributed by atoms with Gasteiger partial charge in [-0.15, -0.1) is 0 Å². The number of hydrogen-bond acceptors (Lipinski definition) is 6. The Labute approximate surface area is 269 Å². The van der Waals surface area contributed by atoms with Gasteiger partial charge in [-0.2, -0.15) is 4.98 Å². The van der Waals surface area contributed by atoms with Crippen LogP contribution in [0.2, 0.25) is 5.02 Å². The lowest BCUT2D eigenvalue weighted by atomic mass is 9.80. The molecule has 2 N–H and O–H groups in total. The Bertz CT molecular complexity index is 1730. The van der Waals surface area contributed by atoms with Crippen molar-refractivity contribution in [3.8, 4) is 17.0 Å². The van der Waals surface area contributed by atoms with E-state index in [2.05, 4.69) is 22.5 Å². The summed E-state index contributed by atoms with van der Waals surface area (Å²) >= 11 is 6.07. The number of carbonyl (C=O) groups excluding carboxylic acids is 2. The topological polar surface area (TPSA) is 106 Å². The maximum absolute atomic E-state index is 15.5. The maximum atomic E-state index is 15.5. The number of nitrogens with zero attached hydrogens (tertiary/aromatic N) is 3. The molecule has 2 amide bonds. The van der Waals surface area contributed by atoms with Crippen LogP contribution in [0.3, 0.4) is 0 Å². The predicted molar refractivity (Wildman–Crippen MR) is 167 cm³/mol. The number of anilines is 1. The van der Waals surface area contributed by atoms with E-state index in [4.69, 9.17) is 16.3 Å². The summed E-state index contributed by atoms with van der Waals surface area (Å²) in [5, 5.41) is 6.08.